The minimum absolute atomic E-state index is 0. The van der Waals surface area contributed by atoms with Gasteiger partial charge in [0.1, 0.15) is 0 Å². The van der Waals surface area contributed by atoms with Gasteiger partial charge in [-0.25, -0.2) is 4.79 Å². The van der Waals surface area contributed by atoms with Crippen LogP contribution in [0.2, 0.25) is 0 Å². The van der Waals surface area contributed by atoms with Gasteiger partial charge in [-0.3, -0.25) is 0 Å². The predicted octanol–water partition coefficient (Wildman–Crippen LogP) is 2.80. The molecule has 3 nitrogen and oxygen atoms in total. The molecule has 76 valence electrons. The molecule has 0 aromatic rings. The molecule has 0 aliphatic carbocycles. The third-order valence-corrected chi connectivity index (χ3v) is 1.24. The van der Waals surface area contributed by atoms with Gasteiger partial charge in [0.25, 0.3) is 0 Å². The summed E-state index contributed by atoms with van der Waals surface area (Å²) in [6, 6.07) is 0. The average molecular weight is 177 g/mol. The summed E-state index contributed by atoms with van der Waals surface area (Å²) in [6.07, 6.45) is 3.02. The zero-order chi connectivity index (χ0) is 9.82. The summed E-state index contributed by atoms with van der Waals surface area (Å²) in [5, 5.41) is 2.61. The molecule has 1 amide bonds. The van der Waals surface area contributed by atoms with Crippen LogP contribution in [0.4, 0.5) is 4.79 Å². The molecule has 0 aliphatic heterocycles. The summed E-state index contributed by atoms with van der Waals surface area (Å²) in [7, 11) is 1.37. The standard InChI is InChI=1S/C7H15NO2.C2H6.H2/c1-3-4-5-6-8-7(9)10-2;1-2;/h3-6H2,1-2H3,(H,8,9);1-2H3;1H. The van der Waals surface area contributed by atoms with Crippen molar-refractivity contribution in [2.45, 2.75) is 40.0 Å². The molecule has 0 saturated carbocycles. The highest BCUT2D eigenvalue weighted by molar-refractivity contribution is 5.66. The summed E-state index contributed by atoms with van der Waals surface area (Å²) in [5.74, 6) is 0. The number of carbonyl (C=O) groups excluding carboxylic acids is 1. The van der Waals surface area contributed by atoms with Crippen LogP contribution < -0.4 is 5.32 Å². The van der Waals surface area contributed by atoms with Gasteiger partial charge in [0, 0.05) is 7.97 Å². The van der Waals surface area contributed by atoms with E-state index in [9.17, 15) is 4.79 Å². The zero-order valence-electron chi connectivity index (χ0n) is 8.64. The Morgan fingerprint density at radius 1 is 1.42 bits per heavy atom. The van der Waals surface area contributed by atoms with Gasteiger partial charge in [-0.2, -0.15) is 0 Å². The van der Waals surface area contributed by atoms with Crippen LogP contribution in [-0.2, 0) is 4.74 Å². The number of alkyl carbamates (subject to hydrolysis) is 1. The second-order valence-electron chi connectivity index (χ2n) is 2.13. The van der Waals surface area contributed by atoms with Crippen molar-refractivity contribution in [3.63, 3.8) is 0 Å². The lowest BCUT2D eigenvalue weighted by Gasteiger charge is -2.00. The van der Waals surface area contributed by atoms with Crippen molar-refractivity contribution < 1.29 is 11.0 Å². The monoisotopic (exact) mass is 177 g/mol. The van der Waals surface area contributed by atoms with Crippen LogP contribution in [0, 0.1) is 0 Å². The van der Waals surface area contributed by atoms with Gasteiger partial charge in [-0.05, 0) is 6.42 Å². The topological polar surface area (TPSA) is 38.3 Å². The number of amides is 1. The number of hydrogen-bond acceptors (Lipinski definition) is 2. The van der Waals surface area contributed by atoms with Crippen LogP contribution in [0.3, 0.4) is 0 Å². The molecule has 3 heteroatoms. The highest BCUT2D eigenvalue weighted by Gasteiger charge is 1.94. The lowest BCUT2D eigenvalue weighted by atomic mass is 10.2. The summed E-state index contributed by atoms with van der Waals surface area (Å²) in [5.41, 5.74) is 0. The van der Waals surface area contributed by atoms with E-state index < -0.39 is 0 Å². The minimum Gasteiger partial charge on any atom is -0.453 e. The molecule has 0 spiro atoms. The van der Waals surface area contributed by atoms with E-state index >= 15 is 0 Å². The molecule has 12 heavy (non-hydrogen) atoms. The number of unbranched alkanes of at least 4 members (excludes halogenated alkanes) is 2. The van der Waals surface area contributed by atoms with Crippen molar-refractivity contribution in [1.29, 1.82) is 0 Å². The summed E-state index contributed by atoms with van der Waals surface area (Å²) in [4.78, 5) is 10.4. The Morgan fingerprint density at radius 2 is 2.00 bits per heavy atom. The Morgan fingerprint density at radius 3 is 2.42 bits per heavy atom. The average Bonchev–Trinajstić information content (AvgIpc) is 2.15. The molecule has 1 N–H and O–H groups in total. The van der Waals surface area contributed by atoms with Crippen molar-refractivity contribution in [3.05, 3.63) is 0 Å². The van der Waals surface area contributed by atoms with Crippen LogP contribution >= 0.6 is 0 Å². The van der Waals surface area contributed by atoms with Crippen molar-refractivity contribution in [2.24, 2.45) is 0 Å². The number of carbonyl (C=O) groups is 1. The molecule has 0 aromatic heterocycles. The van der Waals surface area contributed by atoms with Gasteiger partial charge in [-0.1, -0.05) is 33.6 Å². The van der Waals surface area contributed by atoms with Gasteiger partial charge in [0.15, 0.2) is 0 Å². The van der Waals surface area contributed by atoms with Gasteiger partial charge in [0.05, 0.1) is 7.11 Å². The Balaban J connectivity index is -0.000000309. The van der Waals surface area contributed by atoms with Gasteiger partial charge < -0.3 is 10.1 Å². The van der Waals surface area contributed by atoms with E-state index in [4.69, 9.17) is 0 Å². The lowest BCUT2D eigenvalue weighted by molar-refractivity contribution is 0.171. The Kier molecular flexibility index (Phi) is 14.9. The third-order valence-electron chi connectivity index (χ3n) is 1.24. The quantitative estimate of drug-likeness (QED) is 0.670. The fourth-order valence-corrected chi connectivity index (χ4v) is 0.638. The van der Waals surface area contributed by atoms with E-state index in [1.165, 1.54) is 13.5 Å². The van der Waals surface area contributed by atoms with Crippen molar-refractivity contribution in [3.8, 4) is 0 Å². The normalized spacial score (nSPS) is 8.00. The maximum atomic E-state index is 10.4. The molecule has 0 unspecified atom stereocenters. The zero-order valence-corrected chi connectivity index (χ0v) is 8.64. The van der Waals surface area contributed by atoms with E-state index in [1.54, 1.807) is 0 Å². The summed E-state index contributed by atoms with van der Waals surface area (Å²) < 4.78 is 4.38. The highest BCUT2D eigenvalue weighted by Crippen LogP contribution is 1.90. The van der Waals surface area contributed by atoms with Crippen molar-refractivity contribution in [2.75, 3.05) is 13.7 Å². The minimum atomic E-state index is -0.337. The molecule has 0 bridgehead atoms. The van der Waals surface area contributed by atoms with E-state index in [0.29, 0.717) is 0 Å². The number of rotatable bonds is 4. The Hall–Kier alpha value is -0.730. The first-order chi connectivity index (χ1) is 5.81. The van der Waals surface area contributed by atoms with Gasteiger partial charge >= 0.3 is 6.09 Å². The summed E-state index contributed by atoms with van der Waals surface area (Å²) in [6.45, 7) is 6.85. The smallest absolute Gasteiger partial charge is 0.406 e. The molecule has 0 radical (unpaired) electrons. The fourth-order valence-electron chi connectivity index (χ4n) is 0.638. The van der Waals surface area contributed by atoms with Crippen molar-refractivity contribution >= 4 is 6.09 Å². The second kappa shape index (κ2) is 12.9. The molecule has 0 atom stereocenters. The maximum absolute atomic E-state index is 10.4. The van der Waals surface area contributed by atoms with E-state index in [2.05, 4.69) is 17.0 Å². The second-order valence-corrected chi connectivity index (χ2v) is 2.13. The number of methoxy groups -OCH3 is 1. The first-order valence-corrected chi connectivity index (χ1v) is 4.63. The first kappa shape index (κ1) is 13.8. The maximum Gasteiger partial charge on any atom is 0.406 e. The van der Waals surface area contributed by atoms with Crippen LogP contribution in [0.1, 0.15) is 41.5 Å². The van der Waals surface area contributed by atoms with Crippen LogP contribution in [0.5, 0.6) is 0 Å². The van der Waals surface area contributed by atoms with Gasteiger partial charge in [0.2, 0.25) is 0 Å². The van der Waals surface area contributed by atoms with Gasteiger partial charge in [-0.15, -0.1) is 0 Å². The van der Waals surface area contributed by atoms with Crippen LogP contribution in [0.25, 0.3) is 0 Å². The number of nitrogens with one attached hydrogen (secondary N) is 1. The molecular weight excluding hydrogens is 154 g/mol. The first-order valence-electron chi connectivity index (χ1n) is 4.63. The predicted molar refractivity (Wildman–Crippen MR) is 53.4 cm³/mol. The molecule has 0 aromatic carbocycles. The van der Waals surface area contributed by atoms with E-state index in [-0.39, 0.29) is 7.52 Å². The molecular formula is C9H23NO2. The Labute approximate surface area is 77.0 Å². The Bertz CT molecular complexity index is 99.6. The van der Waals surface area contributed by atoms with Crippen LogP contribution in [-0.4, -0.2) is 19.7 Å². The van der Waals surface area contributed by atoms with E-state index in [0.717, 1.165) is 19.4 Å². The number of hydrogen-bond donors (Lipinski definition) is 1. The van der Waals surface area contributed by atoms with Crippen LogP contribution in [0.15, 0.2) is 0 Å². The molecule has 0 heterocycles. The fraction of sp³-hybridized carbons (Fsp3) is 0.889. The largest absolute Gasteiger partial charge is 0.453 e. The molecule has 0 rings (SSSR count). The molecule has 0 saturated heterocycles. The van der Waals surface area contributed by atoms with E-state index in [1.807, 2.05) is 13.8 Å². The third kappa shape index (κ3) is 12.0. The summed E-state index contributed by atoms with van der Waals surface area (Å²) >= 11 is 0. The van der Waals surface area contributed by atoms with Crippen molar-refractivity contribution in [1.82, 2.24) is 5.32 Å². The molecule has 0 aliphatic rings. The lowest BCUT2D eigenvalue weighted by Crippen LogP contribution is -2.23. The highest BCUT2D eigenvalue weighted by atomic mass is 16.5. The number of ether oxygens (including phenoxy) is 1. The molecule has 0 fully saturated rings. The SMILES string of the molecule is CC.CCCCCNC(=O)OC.[HH].